The van der Waals surface area contributed by atoms with Gasteiger partial charge < -0.3 is 4.90 Å². The minimum Gasteiger partial charge on any atom is -0.342 e. The predicted octanol–water partition coefficient (Wildman–Crippen LogP) is 2.74. The summed E-state index contributed by atoms with van der Waals surface area (Å²) in [5.41, 5.74) is 2.46. The first-order valence-corrected chi connectivity index (χ1v) is 5.25. The quantitative estimate of drug-likeness (QED) is 0.562. The van der Waals surface area contributed by atoms with Crippen LogP contribution in [0.4, 0.5) is 0 Å². The van der Waals surface area contributed by atoms with Crippen molar-refractivity contribution in [2.45, 2.75) is 13.3 Å². The smallest absolute Gasteiger partial charge is 0.0753 e. The standard InChI is InChI=1S/C10H13NS/c1-8-6-10-11(7-9(8)2)4-3-5-12-10/h6-7H,1,3-5H2,2H3. The molecule has 0 aromatic carbocycles. The van der Waals surface area contributed by atoms with Gasteiger partial charge in [0.05, 0.1) is 5.03 Å². The van der Waals surface area contributed by atoms with Crippen molar-refractivity contribution < 1.29 is 0 Å². The Hall–Kier alpha value is -0.630. The van der Waals surface area contributed by atoms with E-state index >= 15 is 0 Å². The highest BCUT2D eigenvalue weighted by atomic mass is 32.2. The number of rotatable bonds is 0. The third-order valence-electron chi connectivity index (χ3n) is 2.23. The zero-order valence-corrected chi connectivity index (χ0v) is 8.16. The molecule has 0 aliphatic carbocycles. The van der Waals surface area contributed by atoms with Gasteiger partial charge in [0.2, 0.25) is 0 Å². The number of thioether (sulfide) groups is 1. The topological polar surface area (TPSA) is 3.24 Å². The molecule has 0 radical (unpaired) electrons. The van der Waals surface area contributed by atoms with Crippen LogP contribution in [0.1, 0.15) is 13.3 Å². The molecule has 0 aromatic heterocycles. The third kappa shape index (κ3) is 1.31. The molecular formula is C10H13NS. The van der Waals surface area contributed by atoms with E-state index in [1.807, 2.05) is 11.8 Å². The van der Waals surface area contributed by atoms with Gasteiger partial charge in [-0.05, 0) is 30.6 Å². The molecule has 12 heavy (non-hydrogen) atoms. The van der Waals surface area contributed by atoms with Gasteiger partial charge in [-0.3, -0.25) is 0 Å². The van der Waals surface area contributed by atoms with Crippen LogP contribution >= 0.6 is 11.8 Å². The Balaban J connectivity index is 2.26. The molecule has 0 amide bonds. The lowest BCUT2D eigenvalue weighted by molar-refractivity contribution is 0.475. The Morgan fingerprint density at radius 2 is 2.42 bits per heavy atom. The van der Waals surface area contributed by atoms with Crippen molar-refractivity contribution in [3.8, 4) is 0 Å². The Bertz CT molecular complexity index is 276. The highest BCUT2D eigenvalue weighted by Crippen LogP contribution is 2.33. The first-order valence-electron chi connectivity index (χ1n) is 4.26. The summed E-state index contributed by atoms with van der Waals surface area (Å²) in [6, 6.07) is 0. The second-order valence-corrected chi connectivity index (χ2v) is 4.33. The highest BCUT2D eigenvalue weighted by molar-refractivity contribution is 8.03. The van der Waals surface area contributed by atoms with Crippen LogP contribution in [-0.4, -0.2) is 17.2 Å². The number of fused-ring (bicyclic) bond motifs is 1. The number of hydrogen-bond acceptors (Lipinski definition) is 2. The van der Waals surface area contributed by atoms with E-state index in [0.717, 1.165) is 5.57 Å². The zero-order chi connectivity index (χ0) is 8.55. The normalized spacial score (nSPS) is 23.1. The number of hydrogen-bond donors (Lipinski definition) is 0. The monoisotopic (exact) mass is 179 g/mol. The lowest BCUT2D eigenvalue weighted by Crippen LogP contribution is -2.24. The first-order chi connectivity index (χ1) is 5.77. The van der Waals surface area contributed by atoms with Crippen LogP contribution < -0.4 is 0 Å². The molecule has 64 valence electrons. The molecule has 0 atom stereocenters. The summed E-state index contributed by atoms with van der Waals surface area (Å²) in [7, 11) is 0. The van der Waals surface area contributed by atoms with Gasteiger partial charge in [-0.2, -0.15) is 0 Å². The SMILES string of the molecule is C=C1C=C2SCCCN2C=C1C. The fourth-order valence-electron chi connectivity index (χ4n) is 1.44. The second-order valence-electron chi connectivity index (χ2n) is 3.22. The third-order valence-corrected chi connectivity index (χ3v) is 3.37. The van der Waals surface area contributed by atoms with E-state index in [9.17, 15) is 0 Å². The lowest BCUT2D eigenvalue weighted by atomic mass is 10.1. The Kier molecular flexibility index (Phi) is 2.01. The number of allylic oxidation sites excluding steroid dienone is 3. The van der Waals surface area contributed by atoms with Crippen LogP contribution in [0.25, 0.3) is 0 Å². The minimum absolute atomic E-state index is 1.16. The van der Waals surface area contributed by atoms with Crippen LogP contribution in [-0.2, 0) is 0 Å². The molecule has 1 saturated heterocycles. The van der Waals surface area contributed by atoms with Crippen LogP contribution in [0.3, 0.4) is 0 Å². The maximum Gasteiger partial charge on any atom is 0.0753 e. The minimum atomic E-state index is 1.16. The van der Waals surface area contributed by atoms with E-state index in [2.05, 4.69) is 30.7 Å². The van der Waals surface area contributed by atoms with E-state index in [0.29, 0.717) is 0 Å². The van der Waals surface area contributed by atoms with Crippen LogP contribution in [0.5, 0.6) is 0 Å². The largest absolute Gasteiger partial charge is 0.342 e. The average molecular weight is 179 g/mol. The summed E-state index contributed by atoms with van der Waals surface area (Å²) in [6.07, 6.45) is 5.70. The average Bonchev–Trinajstić information content (AvgIpc) is 2.07. The molecular weight excluding hydrogens is 166 g/mol. The Morgan fingerprint density at radius 3 is 3.25 bits per heavy atom. The van der Waals surface area contributed by atoms with Crippen LogP contribution in [0.2, 0.25) is 0 Å². The molecule has 0 bridgehead atoms. The predicted molar refractivity (Wildman–Crippen MR) is 54.8 cm³/mol. The summed E-state index contributed by atoms with van der Waals surface area (Å²) in [4.78, 5) is 2.33. The summed E-state index contributed by atoms with van der Waals surface area (Å²) >= 11 is 1.93. The highest BCUT2D eigenvalue weighted by Gasteiger charge is 2.17. The van der Waals surface area contributed by atoms with Crippen molar-refractivity contribution in [3.05, 3.63) is 35.0 Å². The van der Waals surface area contributed by atoms with E-state index in [4.69, 9.17) is 0 Å². The molecule has 1 fully saturated rings. The molecule has 1 nitrogen and oxygen atoms in total. The van der Waals surface area contributed by atoms with Crippen LogP contribution in [0, 0.1) is 0 Å². The second kappa shape index (κ2) is 3.02. The fraction of sp³-hybridized carbons (Fsp3) is 0.400. The molecule has 2 rings (SSSR count). The van der Waals surface area contributed by atoms with E-state index < -0.39 is 0 Å². The molecule has 0 spiro atoms. The van der Waals surface area contributed by atoms with Gasteiger partial charge in [-0.25, -0.2) is 0 Å². The van der Waals surface area contributed by atoms with Gasteiger partial charge in [-0.1, -0.05) is 6.58 Å². The molecule has 0 unspecified atom stereocenters. The molecule has 2 aliphatic heterocycles. The summed E-state index contributed by atoms with van der Waals surface area (Å²) in [5, 5.41) is 1.37. The van der Waals surface area contributed by atoms with Gasteiger partial charge in [-0.15, -0.1) is 11.8 Å². The van der Waals surface area contributed by atoms with Crippen molar-refractivity contribution in [3.63, 3.8) is 0 Å². The number of nitrogens with zero attached hydrogens (tertiary/aromatic N) is 1. The van der Waals surface area contributed by atoms with Crippen molar-refractivity contribution >= 4 is 11.8 Å². The molecule has 0 saturated carbocycles. The van der Waals surface area contributed by atoms with Gasteiger partial charge in [0.1, 0.15) is 0 Å². The molecule has 2 aliphatic rings. The van der Waals surface area contributed by atoms with Gasteiger partial charge in [0, 0.05) is 18.5 Å². The van der Waals surface area contributed by atoms with Crippen LogP contribution in [0.15, 0.2) is 35.0 Å². The van der Waals surface area contributed by atoms with Gasteiger partial charge in [0.15, 0.2) is 0 Å². The van der Waals surface area contributed by atoms with Gasteiger partial charge in [0.25, 0.3) is 0 Å². The summed E-state index contributed by atoms with van der Waals surface area (Å²) < 4.78 is 0. The Morgan fingerprint density at radius 1 is 1.58 bits per heavy atom. The zero-order valence-electron chi connectivity index (χ0n) is 7.34. The Labute approximate surface area is 77.8 Å². The van der Waals surface area contributed by atoms with Crippen molar-refractivity contribution in [2.75, 3.05) is 12.3 Å². The molecule has 2 heteroatoms. The molecule has 2 heterocycles. The maximum atomic E-state index is 4.00. The molecule has 0 aromatic rings. The first kappa shape index (κ1) is 7.99. The van der Waals surface area contributed by atoms with E-state index in [1.165, 1.54) is 29.3 Å². The lowest BCUT2D eigenvalue weighted by Gasteiger charge is -2.31. The van der Waals surface area contributed by atoms with E-state index in [-0.39, 0.29) is 0 Å². The van der Waals surface area contributed by atoms with Gasteiger partial charge >= 0.3 is 0 Å². The fourth-order valence-corrected chi connectivity index (χ4v) is 2.46. The summed E-state index contributed by atoms with van der Waals surface area (Å²) in [5.74, 6) is 1.25. The van der Waals surface area contributed by atoms with Crippen molar-refractivity contribution in [1.82, 2.24) is 4.90 Å². The maximum absolute atomic E-state index is 4.00. The van der Waals surface area contributed by atoms with Crippen molar-refractivity contribution in [2.24, 2.45) is 0 Å². The van der Waals surface area contributed by atoms with E-state index in [1.54, 1.807) is 0 Å². The van der Waals surface area contributed by atoms with Crippen molar-refractivity contribution in [1.29, 1.82) is 0 Å². The molecule has 0 N–H and O–H groups in total. The summed E-state index contributed by atoms with van der Waals surface area (Å²) in [6.45, 7) is 7.29.